The molecule has 0 spiro atoms. The second kappa shape index (κ2) is 10.0. The van der Waals surface area contributed by atoms with Crippen molar-refractivity contribution in [3.63, 3.8) is 0 Å². The minimum atomic E-state index is -4.09. The molecule has 3 aliphatic rings. The van der Waals surface area contributed by atoms with E-state index in [1.807, 2.05) is 60.7 Å². The van der Waals surface area contributed by atoms with Gasteiger partial charge in [0, 0.05) is 33.3 Å². The number of para-hydroxylation sites is 4. The Morgan fingerprint density at radius 1 is 0.449 bits per heavy atom. The molecule has 6 aromatic carbocycles. The molecule has 0 aliphatic carbocycles. The van der Waals surface area contributed by atoms with Gasteiger partial charge in [0.05, 0.1) is 32.5 Å². The van der Waals surface area contributed by atoms with Crippen LogP contribution in [0.15, 0.2) is 143 Å². The minimum Gasteiger partial charge on any atom is -0.310 e. The molecular formula is C43H34N2O3S. The van der Waals surface area contributed by atoms with E-state index in [9.17, 15) is 13.2 Å². The van der Waals surface area contributed by atoms with Gasteiger partial charge in [-0.05, 0) is 82.9 Å². The summed E-state index contributed by atoms with van der Waals surface area (Å²) in [6.07, 6.45) is 0. The summed E-state index contributed by atoms with van der Waals surface area (Å²) in [5.74, 6) is -0.293. The molecule has 6 heteroatoms. The van der Waals surface area contributed by atoms with E-state index in [1.165, 1.54) is 0 Å². The maximum atomic E-state index is 14.7. The van der Waals surface area contributed by atoms with Gasteiger partial charge in [0.15, 0.2) is 5.78 Å². The fraction of sp³-hybridized carbons (Fsp3) is 0.140. The molecule has 49 heavy (non-hydrogen) atoms. The number of hydrogen-bond acceptors (Lipinski definition) is 5. The first-order valence-corrected chi connectivity index (χ1v) is 18.1. The van der Waals surface area contributed by atoms with Crippen molar-refractivity contribution in [2.45, 2.75) is 48.3 Å². The highest BCUT2D eigenvalue weighted by molar-refractivity contribution is 7.91. The third-order valence-electron chi connectivity index (χ3n) is 10.8. The van der Waals surface area contributed by atoms with Crippen LogP contribution in [0.4, 0.5) is 34.1 Å². The molecule has 0 atom stereocenters. The van der Waals surface area contributed by atoms with Crippen LogP contribution in [0.25, 0.3) is 0 Å². The van der Waals surface area contributed by atoms with Gasteiger partial charge in [-0.25, -0.2) is 8.42 Å². The standard InChI is InChI=1S/C43H34N2O3S/c1-42(2)31-13-5-9-17-35(31)44(36-18-10-6-14-32(36)42)27-21-23-29-39(25-27)49(47,48)40-26-28(22-24-30(40)41(29)46)45-37-19-11-7-15-33(37)43(3,4)34-16-8-12-20-38(34)45/h5-26H,1-4H3. The molecule has 0 unspecified atom stereocenters. The summed E-state index contributed by atoms with van der Waals surface area (Å²) in [7, 11) is -4.09. The summed E-state index contributed by atoms with van der Waals surface area (Å²) >= 11 is 0. The first-order chi connectivity index (χ1) is 23.5. The smallest absolute Gasteiger partial charge is 0.208 e. The Morgan fingerprint density at radius 3 is 1.08 bits per heavy atom. The van der Waals surface area contributed by atoms with E-state index in [4.69, 9.17) is 0 Å². The van der Waals surface area contributed by atoms with Gasteiger partial charge in [-0.1, -0.05) is 100 Å². The zero-order chi connectivity index (χ0) is 33.9. The zero-order valence-corrected chi connectivity index (χ0v) is 28.5. The second-order valence-electron chi connectivity index (χ2n) is 14.2. The van der Waals surface area contributed by atoms with Gasteiger partial charge >= 0.3 is 0 Å². The summed E-state index contributed by atoms with van der Waals surface area (Å²) in [5.41, 5.74) is 9.77. The minimum absolute atomic E-state index is 0.0278. The molecule has 0 amide bonds. The molecule has 0 bridgehead atoms. The molecule has 0 radical (unpaired) electrons. The van der Waals surface area contributed by atoms with Crippen LogP contribution >= 0.6 is 0 Å². The van der Waals surface area contributed by atoms with Crippen molar-refractivity contribution in [2.24, 2.45) is 0 Å². The van der Waals surface area contributed by atoms with E-state index in [0.717, 1.165) is 45.0 Å². The van der Waals surface area contributed by atoms with E-state index in [0.29, 0.717) is 11.4 Å². The van der Waals surface area contributed by atoms with Gasteiger partial charge in [-0.15, -0.1) is 0 Å². The Balaban J connectivity index is 1.21. The van der Waals surface area contributed by atoms with Crippen LogP contribution < -0.4 is 9.80 Å². The van der Waals surface area contributed by atoms with E-state index in [-0.39, 0.29) is 37.5 Å². The largest absolute Gasteiger partial charge is 0.310 e. The highest BCUT2D eigenvalue weighted by atomic mass is 32.2. The summed E-state index contributed by atoms with van der Waals surface area (Å²) in [4.78, 5) is 18.3. The Kier molecular flexibility index (Phi) is 6.07. The Bertz CT molecular complexity index is 2250. The number of carbonyl (C=O) groups excluding carboxylic acids is 1. The average molecular weight is 659 g/mol. The molecule has 6 aromatic rings. The molecule has 0 aromatic heterocycles. The average Bonchev–Trinajstić information content (AvgIpc) is 3.11. The van der Waals surface area contributed by atoms with Crippen molar-refractivity contribution in [1.82, 2.24) is 0 Å². The lowest BCUT2D eigenvalue weighted by Gasteiger charge is -2.42. The molecule has 0 N–H and O–H groups in total. The quantitative estimate of drug-likeness (QED) is 0.185. The van der Waals surface area contributed by atoms with Gasteiger partial charge in [0.1, 0.15) is 0 Å². The highest BCUT2D eigenvalue weighted by Crippen LogP contribution is 2.54. The lowest BCUT2D eigenvalue weighted by atomic mass is 9.73. The van der Waals surface area contributed by atoms with Gasteiger partial charge in [0.2, 0.25) is 9.84 Å². The monoisotopic (exact) mass is 658 g/mol. The van der Waals surface area contributed by atoms with Crippen molar-refractivity contribution in [1.29, 1.82) is 0 Å². The van der Waals surface area contributed by atoms with Crippen molar-refractivity contribution in [3.05, 3.63) is 167 Å². The summed E-state index contributed by atoms with van der Waals surface area (Å²) in [6, 6.07) is 43.4. The third kappa shape index (κ3) is 3.98. The first-order valence-electron chi connectivity index (χ1n) is 16.6. The van der Waals surface area contributed by atoms with Gasteiger partial charge in [-0.3, -0.25) is 4.79 Å². The van der Waals surface area contributed by atoms with Crippen molar-refractivity contribution < 1.29 is 13.2 Å². The molecule has 3 aliphatic heterocycles. The molecule has 5 nitrogen and oxygen atoms in total. The highest BCUT2D eigenvalue weighted by Gasteiger charge is 2.41. The fourth-order valence-corrected chi connectivity index (χ4v) is 9.97. The number of rotatable bonds is 2. The lowest BCUT2D eigenvalue weighted by Crippen LogP contribution is -2.31. The van der Waals surface area contributed by atoms with Crippen molar-refractivity contribution in [2.75, 3.05) is 9.80 Å². The Morgan fingerprint density at radius 2 is 0.755 bits per heavy atom. The topological polar surface area (TPSA) is 57.7 Å². The number of carbonyl (C=O) groups is 1. The van der Waals surface area contributed by atoms with Crippen LogP contribution in [0, 0.1) is 0 Å². The van der Waals surface area contributed by atoms with Crippen LogP contribution in [0.3, 0.4) is 0 Å². The Hall–Kier alpha value is -5.46. The van der Waals surface area contributed by atoms with Gasteiger partial charge in [0.25, 0.3) is 0 Å². The predicted molar refractivity (Wildman–Crippen MR) is 195 cm³/mol. The molecular weight excluding hydrogens is 625 g/mol. The molecule has 0 fully saturated rings. The van der Waals surface area contributed by atoms with Crippen LogP contribution in [0.2, 0.25) is 0 Å². The fourth-order valence-electron chi connectivity index (χ4n) is 8.28. The van der Waals surface area contributed by atoms with E-state index >= 15 is 0 Å². The predicted octanol–water partition coefficient (Wildman–Crippen LogP) is 10.3. The first kappa shape index (κ1) is 29.7. The van der Waals surface area contributed by atoms with E-state index < -0.39 is 9.84 Å². The normalized spacial score (nSPS) is 17.2. The summed E-state index contributed by atoms with van der Waals surface area (Å²) in [6.45, 7) is 8.86. The molecule has 3 heterocycles. The number of fused-ring (bicyclic) bond motifs is 6. The van der Waals surface area contributed by atoms with Gasteiger partial charge < -0.3 is 9.80 Å². The molecule has 240 valence electrons. The maximum Gasteiger partial charge on any atom is 0.208 e. The van der Waals surface area contributed by atoms with Crippen molar-refractivity contribution >= 4 is 49.7 Å². The van der Waals surface area contributed by atoms with E-state index in [1.54, 1.807) is 24.3 Å². The zero-order valence-electron chi connectivity index (χ0n) is 27.7. The van der Waals surface area contributed by atoms with Gasteiger partial charge in [-0.2, -0.15) is 0 Å². The number of benzene rings is 6. The number of ketones is 1. The van der Waals surface area contributed by atoms with Crippen LogP contribution in [-0.2, 0) is 20.7 Å². The number of nitrogens with zero attached hydrogens (tertiary/aromatic N) is 2. The number of anilines is 6. The summed E-state index contributed by atoms with van der Waals surface area (Å²) < 4.78 is 29.4. The van der Waals surface area contributed by atoms with Crippen molar-refractivity contribution in [3.8, 4) is 0 Å². The lowest BCUT2D eigenvalue weighted by molar-refractivity contribution is 0.103. The van der Waals surface area contributed by atoms with Crippen LogP contribution in [-0.4, -0.2) is 14.2 Å². The third-order valence-corrected chi connectivity index (χ3v) is 12.6. The maximum absolute atomic E-state index is 14.7. The SMILES string of the molecule is CC1(C)c2ccccc2N(c2ccc3c(c2)S(=O)(=O)c2cc(N4c5ccccc5C(C)(C)c5ccccc54)ccc2C3=O)c2ccccc21. The molecule has 9 rings (SSSR count). The van der Waals surface area contributed by atoms with Crippen LogP contribution in [0.5, 0.6) is 0 Å². The van der Waals surface area contributed by atoms with Crippen LogP contribution in [0.1, 0.15) is 65.9 Å². The molecule has 0 saturated carbocycles. The van der Waals surface area contributed by atoms with E-state index in [2.05, 4.69) is 86.0 Å². The summed E-state index contributed by atoms with van der Waals surface area (Å²) in [5, 5.41) is 0. The second-order valence-corrected chi connectivity index (χ2v) is 16.1. The number of sulfone groups is 1. The molecule has 0 saturated heterocycles. The number of hydrogen-bond donors (Lipinski definition) is 0. The Labute approximate surface area is 287 Å².